The summed E-state index contributed by atoms with van der Waals surface area (Å²) in [4.78, 5) is 90.8. The quantitative estimate of drug-likeness (QED) is 0.0931. The van der Waals surface area contributed by atoms with Crippen LogP contribution in [0.4, 0.5) is 10.5 Å². The molecule has 0 aliphatic carbocycles. The number of ether oxygens (including phenoxy) is 1. The molecule has 4 atom stereocenters. The molecule has 1 aromatic carbocycles. The Morgan fingerprint density at radius 1 is 1.02 bits per heavy atom. The van der Waals surface area contributed by atoms with Crippen molar-refractivity contribution in [2.75, 3.05) is 32.1 Å². The minimum absolute atomic E-state index is 0.0530. The summed E-state index contributed by atoms with van der Waals surface area (Å²) < 4.78 is 5.21. The van der Waals surface area contributed by atoms with Crippen LogP contribution in [-0.4, -0.2) is 107 Å². The summed E-state index contributed by atoms with van der Waals surface area (Å²) in [5, 5.41) is 19.7. The molecule has 0 saturated carbocycles. The number of hydrogen-bond acceptors (Lipinski definition) is 9. The van der Waals surface area contributed by atoms with Crippen LogP contribution in [0.3, 0.4) is 0 Å². The van der Waals surface area contributed by atoms with Crippen molar-refractivity contribution in [3.63, 3.8) is 0 Å². The summed E-state index contributed by atoms with van der Waals surface area (Å²) in [5.41, 5.74) is 6.19. The van der Waals surface area contributed by atoms with Crippen molar-refractivity contribution in [1.29, 1.82) is 0 Å². The third-order valence-corrected chi connectivity index (χ3v) is 7.60. The number of imide groups is 1. The van der Waals surface area contributed by atoms with Crippen LogP contribution >= 0.6 is 0 Å². The summed E-state index contributed by atoms with van der Waals surface area (Å²) in [7, 11) is 1.42. The van der Waals surface area contributed by atoms with E-state index in [1.807, 2.05) is 0 Å². The number of hydrogen-bond donors (Lipinski definition) is 6. The van der Waals surface area contributed by atoms with Gasteiger partial charge < -0.3 is 41.7 Å². The molecule has 250 valence electrons. The Morgan fingerprint density at radius 3 is 2.24 bits per heavy atom. The molecule has 46 heavy (non-hydrogen) atoms. The molecule has 0 radical (unpaired) electrons. The second kappa shape index (κ2) is 16.5. The molecule has 16 heteroatoms. The van der Waals surface area contributed by atoms with Gasteiger partial charge in [0.05, 0.1) is 25.8 Å². The van der Waals surface area contributed by atoms with Gasteiger partial charge in [-0.1, -0.05) is 26.0 Å². The molecule has 0 spiro atoms. The highest BCUT2D eigenvalue weighted by Crippen LogP contribution is 2.26. The fourth-order valence-corrected chi connectivity index (χ4v) is 5.23. The Balaban J connectivity index is 1.69. The first-order chi connectivity index (χ1) is 21.9. The van der Waals surface area contributed by atoms with Gasteiger partial charge in [0.15, 0.2) is 0 Å². The highest BCUT2D eigenvalue weighted by molar-refractivity contribution is 6.15. The number of nitrogens with two attached hydrogens (primary N) is 1. The van der Waals surface area contributed by atoms with Crippen LogP contribution in [0.25, 0.3) is 0 Å². The summed E-state index contributed by atoms with van der Waals surface area (Å²) >= 11 is 0. The lowest BCUT2D eigenvalue weighted by Gasteiger charge is -2.28. The molecule has 3 rings (SSSR count). The number of primary amides is 1. The van der Waals surface area contributed by atoms with Crippen molar-refractivity contribution < 1.29 is 43.4 Å². The zero-order valence-electron chi connectivity index (χ0n) is 26.0. The average Bonchev–Trinajstić information content (AvgIpc) is 3.49. The maximum absolute atomic E-state index is 13.5. The lowest BCUT2D eigenvalue weighted by atomic mass is 10.0. The summed E-state index contributed by atoms with van der Waals surface area (Å²) in [5.74, 6) is -4.13. The number of amides is 8. The van der Waals surface area contributed by atoms with E-state index in [1.54, 1.807) is 38.1 Å². The average molecular weight is 644 g/mol. The molecule has 0 aromatic heterocycles. The van der Waals surface area contributed by atoms with Gasteiger partial charge >= 0.3 is 6.03 Å². The monoisotopic (exact) mass is 643 g/mol. The maximum atomic E-state index is 13.5. The summed E-state index contributed by atoms with van der Waals surface area (Å²) in [6.07, 6.45) is 2.65. The first-order valence-electron chi connectivity index (χ1n) is 14.8. The summed E-state index contributed by atoms with van der Waals surface area (Å²) in [6, 6.07) is 1.87. The molecule has 2 aliphatic heterocycles. The number of methoxy groups -OCH3 is 1. The van der Waals surface area contributed by atoms with Gasteiger partial charge in [0, 0.05) is 37.9 Å². The van der Waals surface area contributed by atoms with Gasteiger partial charge in [-0.2, -0.15) is 0 Å². The Bertz CT molecular complexity index is 1330. The molecule has 1 unspecified atom stereocenters. The highest BCUT2D eigenvalue weighted by Gasteiger charge is 2.47. The van der Waals surface area contributed by atoms with Crippen LogP contribution in [0.15, 0.2) is 36.4 Å². The zero-order valence-corrected chi connectivity index (χ0v) is 26.0. The van der Waals surface area contributed by atoms with Gasteiger partial charge in [0.2, 0.25) is 23.6 Å². The molecule has 8 amide bonds. The van der Waals surface area contributed by atoms with E-state index in [2.05, 4.69) is 21.3 Å². The lowest BCUT2D eigenvalue weighted by Crippen LogP contribution is -2.56. The van der Waals surface area contributed by atoms with Crippen molar-refractivity contribution in [3.8, 4) is 0 Å². The predicted molar refractivity (Wildman–Crippen MR) is 163 cm³/mol. The number of carbonyl (C=O) groups excluding carboxylic acids is 7. The van der Waals surface area contributed by atoms with Gasteiger partial charge in [0.1, 0.15) is 18.1 Å². The third-order valence-electron chi connectivity index (χ3n) is 7.60. The molecule has 16 nitrogen and oxygen atoms in total. The topological polar surface area (TPSA) is 230 Å². The van der Waals surface area contributed by atoms with E-state index in [-0.39, 0.29) is 32.6 Å². The van der Waals surface area contributed by atoms with E-state index in [1.165, 1.54) is 12.0 Å². The molecule has 1 saturated heterocycles. The molecule has 1 fully saturated rings. The normalized spacial score (nSPS) is 18.9. The van der Waals surface area contributed by atoms with E-state index in [4.69, 9.17) is 10.5 Å². The minimum Gasteiger partial charge on any atom is -0.392 e. The van der Waals surface area contributed by atoms with Crippen molar-refractivity contribution in [2.24, 2.45) is 11.7 Å². The SMILES string of the molecule is COC[C@@H]1CC(N2C(=O)C=CC2=O)C(=O)N1CC(=O)N[C@H](C(=O)N[C@@H](CCCNC(N)=O)C(=O)Nc1ccc(CO)cc1)C(C)C. The van der Waals surface area contributed by atoms with E-state index in [9.17, 15) is 38.7 Å². The minimum atomic E-state index is -1.10. The number of nitrogens with zero attached hydrogens (tertiary/aromatic N) is 2. The van der Waals surface area contributed by atoms with Gasteiger partial charge in [0.25, 0.3) is 11.8 Å². The van der Waals surface area contributed by atoms with Crippen LogP contribution in [0.2, 0.25) is 0 Å². The van der Waals surface area contributed by atoms with Crippen molar-refractivity contribution in [1.82, 2.24) is 25.8 Å². The van der Waals surface area contributed by atoms with Crippen molar-refractivity contribution >= 4 is 47.2 Å². The van der Waals surface area contributed by atoms with E-state index in [0.717, 1.165) is 17.1 Å². The molecule has 1 aromatic rings. The van der Waals surface area contributed by atoms with Crippen LogP contribution < -0.4 is 27.0 Å². The Morgan fingerprint density at radius 2 is 1.67 bits per heavy atom. The number of anilines is 1. The molecule has 2 heterocycles. The van der Waals surface area contributed by atoms with Crippen molar-refractivity contribution in [3.05, 3.63) is 42.0 Å². The Hall–Kier alpha value is -4.83. The second-order valence-corrected chi connectivity index (χ2v) is 11.3. The van der Waals surface area contributed by atoms with E-state index < -0.39 is 78.1 Å². The number of urea groups is 1. The standard InChI is InChI=1S/C30H41N7O9/c1-17(2)26(35-23(39)14-36-20(16-46-3)13-22(29(36)44)37-24(40)10-11-25(37)41)28(43)34-21(5-4-12-32-30(31)45)27(42)33-19-8-6-18(15-38)7-9-19/h6-11,17,20-22,26,38H,4-5,12-16H2,1-3H3,(H,33,42)(H,34,43)(H,35,39)(H3,31,32,45)/t20-,21-,22?,26-/m0/s1. The number of likely N-dealkylation sites (tertiary alicyclic amines) is 1. The summed E-state index contributed by atoms with van der Waals surface area (Å²) in [6.45, 7) is 2.97. The van der Waals surface area contributed by atoms with Gasteiger partial charge in [-0.15, -0.1) is 0 Å². The Kier molecular flexibility index (Phi) is 12.8. The lowest BCUT2D eigenvalue weighted by molar-refractivity contribution is -0.147. The number of aliphatic hydroxyl groups is 1. The highest BCUT2D eigenvalue weighted by atomic mass is 16.5. The largest absolute Gasteiger partial charge is 0.392 e. The number of aliphatic hydroxyl groups excluding tert-OH is 1. The molecule has 0 bridgehead atoms. The van der Waals surface area contributed by atoms with Crippen LogP contribution in [0.1, 0.15) is 38.7 Å². The molecule has 2 aliphatic rings. The second-order valence-electron chi connectivity index (χ2n) is 11.3. The fourth-order valence-electron chi connectivity index (χ4n) is 5.23. The first-order valence-corrected chi connectivity index (χ1v) is 14.8. The van der Waals surface area contributed by atoms with Gasteiger partial charge in [-0.3, -0.25) is 33.7 Å². The van der Waals surface area contributed by atoms with E-state index in [0.29, 0.717) is 17.7 Å². The van der Waals surface area contributed by atoms with Crippen molar-refractivity contribution in [2.45, 2.75) is 63.9 Å². The van der Waals surface area contributed by atoms with Gasteiger partial charge in [-0.05, 0) is 36.5 Å². The first kappa shape index (κ1) is 35.6. The molecular formula is C30H41N7O9. The smallest absolute Gasteiger partial charge is 0.312 e. The number of nitrogens with one attached hydrogen (secondary N) is 4. The Labute approximate surface area is 266 Å². The van der Waals surface area contributed by atoms with Gasteiger partial charge in [-0.25, -0.2) is 4.79 Å². The number of rotatable bonds is 16. The van der Waals surface area contributed by atoms with Crippen LogP contribution in [0, 0.1) is 5.92 Å². The maximum Gasteiger partial charge on any atom is 0.312 e. The molecule has 7 N–H and O–H groups in total. The predicted octanol–water partition coefficient (Wildman–Crippen LogP) is -1.27. The number of benzene rings is 1. The number of carbonyl (C=O) groups is 7. The van der Waals surface area contributed by atoms with E-state index >= 15 is 0 Å². The zero-order chi connectivity index (χ0) is 34.0. The third kappa shape index (κ3) is 9.34. The van der Waals surface area contributed by atoms with Crippen LogP contribution in [0.5, 0.6) is 0 Å². The molecular weight excluding hydrogens is 602 g/mol. The fraction of sp³-hybridized carbons (Fsp3) is 0.500. The van der Waals surface area contributed by atoms with Crippen LogP contribution in [-0.2, 0) is 40.1 Å².